The number of hydrogen-bond acceptors (Lipinski definition) is 3. The largest absolute Gasteiger partial charge is 0.296 e. The van der Waals surface area contributed by atoms with E-state index in [2.05, 4.69) is 21.2 Å². The van der Waals surface area contributed by atoms with E-state index in [4.69, 9.17) is 0 Å². The number of aryl methyl sites for hydroxylation is 1. The number of benzene rings is 1. The standard InChI is InChI=1S/C16H14BrNO2S/c1-9-2-4-10(5-3-9)15-12(7-14(19)18-16(15)20)13-6-11(17)8-21-13/h2-6,8,12,15H,7H2,1H3,(H,18,19,20). The summed E-state index contributed by atoms with van der Waals surface area (Å²) >= 11 is 5.02. The molecule has 108 valence electrons. The van der Waals surface area contributed by atoms with E-state index in [0.29, 0.717) is 6.42 Å². The molecule has 2 heterocycles. The van der Waals surface area contributed by atoms with Crippen LogP contribution in [0, 0.1) is 6.92 Å². The van der Waals surface area contributed by atoms with Crippen molar-refractivity contribution < 1.29 is 9.59 Å². The predicted octanol–water partition coefficient (Wildman–Crippen LogP) is 3.73. The molecule has 1 aromatic heterocycles. The number of carbonyl (C=O) groups is 2. The topological polar surface area (TPSA) is 46.2 Å². The summed E-state index contributed by atoms with van der Waals surface area (Å²) in [6, 6.07) is 9.96. The molecule has 1 aliphatic heterocycles. The van der Waals surface area contributed by atoms with Crippen LogP contribution in [-0.2, 0) is 9.59 Å². The van der Waals surface area contributed by atoms with E-state index >= 15 is 0 Å². The van der Waals surface area contributed by atoms with E-state index in [-0.39, 0.29) is 23.7 Å². The highest BCUT2D eigenvalue weighted by Gasteiger charge is 2.38. The SMILES string of the molecule is Cc1ccc(C2C(=O)NC(=O)CC2c2cc(Br)cs2)cc1. The van der Waals surface area contributed by atoms with Crippen molar-refractivity contribution in [1.82, 2.24) is 5.32 Å². The smallest absolute Gasteiger partial charge is 0.234 e. The number of imide groups is 1. The first-order valence-electron chi connectivity index (χ1n) is 6.69. The second kappa shape index (κ2) is 5.73. The molecule has 0 saturated carbocycles. The lowest BCUT2D eigenvalue weighted by Gasteiger charge is -2.29. The van der Waals surface area contributed by atoms with Gasteiger partial charge in [-0.05, 0) is 34.5 Å². The number of hydrogen-bond donors (Lipinski definition) is 1. The molecule has 0 bridgehead atoms. The van der Waals surface area contributed by atoms with Gasteiger partial charge in [-0.3, -0.25) is 14.9 Å². The number of halogens is 1. The molecule has 2 atom stereocenters. The highest BCUT2D eigenvalue weighted by Crippen LogP contribution is 2.41. The molecular weight excluding hydrogens is 350 g/mol. The van der Waals surface area contributed by atoms with Crippen LogP contribution in [0.4, 0.5) is 0 Å². The van der Waals surface area contributed by atoms with Crippen LogP contribution in [-0.4, -0.2) is 11.8 Å². The Labute approximate surface area is 135 Å². The van der Waals surface area contributed by atoms with Gasteiger partial charge in [-0.15, -0.1) is 11.3 Å². The average molecular weight is 364 g/mol. The number of amides is 2. The molecule has 1 aliphatic rings. The van der Waals surface area contributed by atoms with Crippen LogP contribution in [0.15, 0.2) is 40.2 Å². The minimum absolute atomic E-state index is 0.0924. The van der Waals surface area contributed by atoms with Crippen LogP contribution < -0.4 is 5.32 Å². The summed E-state index contributed by atoms with van der Waals surface area (Å²) in [4.78, 5) is 25.2. The van der Waals surface area contributed by atoms with Crippen molar-refractivity contribution in [3.8, 4) is 0 Å². The molecule has 1 aromatic carbocycles. The van der Waals surface area contributed by atoms with Gasteiger partial charge in [0, 0.05) is 27.1 Å². The van der Waals surface area contributed by atoms with Crippen LogP contribution in [0.3, 0.4) is 0 Å². The average Bonchev–Trinajstić information content (AvgIpc) is 2.86. The number of carbonyl (C=O) groups excluding carboxylic acids is 2. The van der Waals surface area contributed by atoms with E-state index in [9.17, 15) is 9.59 Å². The normalized spacial score (nSPS) is 22.2. The lowest BCUT2D eigenvalue weighted by Crippen LogP contribution is -2.43. The molecule has 2 aromatic rings. The van der Waals surface area contributed by atoms with Crippen molar-refractivity contribution in [2.24, 2.45) is 0 Å². The van der Waals surface area contributed by atoms with Gasteiger partial charge in [-0.1, -0.05) is 29.8 Å². The minimum Gasteiger partial charge on any atom is -0.296 e. The Morgan fingerprint density at radius 1 is 1.24 bits per heavy atom. The molecule has 3 nitrogen and oxygen atoms in total. The zero-order valence-corrected chi connectivity index (χ0v) is 13.8. The summed E-state index contributed by atoms with van der Waals surface area (Å²) in [5.74, 6) is -0.804. The van der Waals surface area contributed by atoms with Crippen molar-refractivity contribution >= 4 is 39.1 Å². The number of piperidine rings is 1. The lowest BCUT2D eigenvalue weighted by atomic mass is 9.79. The van der Waals surface area contributed by atoms with Crippen LogP contribution in [0.5, 0.6) is 0 Å². The van der Waals surface area contributed by atoms with Gasteiger partial charge in [0.15, 0.2) is 0 Å². The maximum atomic E-state index is 12.3. The molecule has 0 spiro atoms. The molecule has 0 radical (unpaired) electrons. The summed E-state index contributed by atoms with van der Waals surface area (Å²) in [6.45, 7) is 2.02. The van der Waals surface area contributed by atoms with Gasteiger partial charge < -0.3 is 0 Å². The van der Waals surface area contributed by atoms with Gasteiger partial charge in [0.1, 0.15) is 0 Å². The third-order valence-corrected chi connectivity index (χ3v) is 5.57. The second-order valence-electron chi connectivity index (χ2n) is 5.28. The molecule has 1 saturated heterocycles. The molecule has 21 heavy (non-hydrogen) atoms. The zero-order valence-electron chi connectivity index (χ0n) is 11.4. The van der Waals surface area contributed by atoms with Crippen LogP contribution in [0.2, 0.25) is 0 Å². The Hall–Kier alpha value is -1.46. The number of thiophene rings is 1. The van der Waals surface area contributed by atoms with Gasteiger partial charge in [0.2, 0.25) is 11.8 Å². The molecule has 5 heteroatoms. The van der Waals surface area contributed by atoms with Crippen molar-refractivity contribution in [2.75, 3.05) is 0 Å². The van der Waals surface area contributed by atoms with Crippen molar-refractivity contribution in [3.63, 3.8) is 0 Å². The summed E-state index contributed by atoms with van der Waals surface area (Å²) in [7, 11) is 0. The zero-order chi connectivity index (χ0) is 15.0. The summed E-state index contributed by atoms with van der Waals surface area (Å²) in [5, 5.41) is 4.45. The first-order chi connectivity index (χ1) is 10.0. The van der Waals surface area contributed by atoms with Crippen molar-refractivity contribution in [2.45, 2.75) is 25.2 Å². The van der Waals surface area contributed by atoms with Gasteiger partial charge in [0.25, 0.3) is 0 Å². The molecule has 0 aliphatic carbocycles. The van der Waals surface area contributed by atoms with Crippen LogP contribution >= 0.6 is 27.3 Å². The van der Waals surface area contributed by atoms with Crippen LogP contribution in [0.25, 0.3) is 0 Å². The van der Waals surface area contributed by atoms with Crippen LogP contribution in [0.1, 0.15) is 34.3 Å². The van der Waals surface area contributed by atoms with Crippen molar-refractivity contribution in [1.29, 1.82) is 0 Å². The van der Waals surface area contributed by atoms with Gasteiger partial charge in [-0.2, -0.15) is 0 Å². The molecule has 1 fully saturated rings. The van der Waals surface area contributed by atoms with Gasteiger partial charge >= 0.3 is 0 Å². The molecule has 2 unspecified atom stereocenters. The fraction of sp³-hybridized carbons (Fsp3) is 0.250. The Morgan fingerprint density at radius 2 is 1.95 bits per heavy atom. The summed E-state index contributed by atoms with van der Waals surface area (Å²) in [5.41, 5.74) is 2.11. The lowest BCUT2D eigenvalue weighted by molar-refractivity contribution is -0.135. The summed E-state index contributed by atoms with van der Waals surface area (Å²) in [6.07, 6.45) is 0.344. The highest BCUT2D eigenvalue weighted by atomic mass is 79.9. The monoisotopic (exact) mass is 363 g/mol. The number of rotatable bonds is 2. The fourth-order valence-corrected chi connectivity index (χ4v) is 4.30. The minimum atomic E-state index is -0.311. The maximum absolute atomic E-state index is 12.3. The summed E-state index contributed by atoms with van der Waals surface area (Å²) < 4.78 is 0.989. The molecule has 3 rings (SSSR count). The Balaban J connectivity index is 2.02. The number of nitrogens with one attached hydrogen (secondary N) is 1. The fourth-order valence-electron chi connectivity index (χ4n) is 2.71. The predicted molar refractivity (Wildman–Crippen MR) is 86.4 cm³/mol. The third-order valence-electron chi connectivity index (χ3n) is 3.74. The Kier molecular flexibility index (Phi) is 3.95. The van der Waals surface area contributed by atoms with E-state index < -0.39 is 0 Å². The quantitative estimate of drug-likeness (QED) is 0.826. The maximum Gasteiger partial charge on any atom is 0.234 e. The molecular formula is C16H14BrNO2S. The highest BCUT2D eigenvalue weighted by molar-refractivity contribution is 9.10. The first kappa shape index (κ1) is 14.5. The Bertz CT molecular complexity index is 693. The van der Waals surface area contributed by atoms with Gasteiger partial charge in [0.05, 0.1) is 5.92 Å². The molecule has 1 N–H and O–H groups in total. The van der Waals surface area contributed by atoms with Crippen molar-refractivity contribution in [3.05, 3.63) is 56.2 Å². The first-order valence-corrected chi connectivity index (χ1v) is 8.36. The second-order valence-corrected chi connectivity index (χ2v) is 7.14. The Morgan fingerprint density at radius 3 is 2.57 bits per heavy atom. The van der Waals surface area contributed by atoms with E-state index in [0.717, 1.165) is 20.5 Å². The van der Waals surface area contributed by atoms with E-state index in [1.54, 1.807) is 11.3 Å². The van der Waals surface area contributed by atoms with E-state index in [1.165, 1.54) is 0 Å². The van der Waals surface area contributed by atoms with Gasteiger partial charge in [-0.25, -0.2) is 0 Å². The molecule has 2 amide bonds. The van der Waals surface area contributed by atoms with E-state index in [1.807, 2.05) is 42.6 Å². The third kappa shape index (κ3) is 2.94.